The summed E-state index contributed by atoms with van der Waals surface area (Å²) < 4.78 is 31.9. The summed E-state index contributed by atoms with van der Waals surface area (Å²) in [7, 11) is 0. The van der Waals surface area contributed by atoms with Crippen LogP contribution in [0.3, 0.4) is 0 Å². The molecule has 2 saturated carbocycles. The Bertz CT molecular complexity index is 686. The van der Waals surface area contributed by atoms with Gasteiger partial charge in [0.25, 0.3) is 0 Å². The van der Waals surface area contributed by atoms with Gasteiger partial charge < -0.3 is 19.3 Å². The maximum absolute atomic E-state index is 14.8. The van der Waals surface area contributed by atoms with Crippen molar-refractivity contribution < 1.29 is 23.7 Å². The van der Waals surface area contributed by atoms with E-state index in [2.05, 4.69) is 0 Å². The number of hydrogen-bond donors (Lipinski definition) is 1. The first-order valence-electron chi connectivity index (χ1n) is 10.6. The Morgan fingerprint density at radius 1 is 1.07 bits per heavy atom. The Labute approximate surface area is 171 Å². The van der Waals surface area contributed by atoms with Crippen molar-refractivity contribution in [1.29, 1.82) is 0 Å². The topological polar surface area (TPSA) is 47.9 Å². The van der Waals surface area contributed by atoms with Crippen LogP contribution in [0.1, 0.15) is 63.9 Å². The summed E-state index contributed by atoms with van der Waals surface area (Å²) in [5.41, 5.74) is -0.850. The predicted octanol–water partition coefficient (Wildman–Crippen LogP) is 5.19. The Balaban J connectivity index is 1.39. The van der Waals surface area contributed by atoms with Crippen LogP contribution < -0.4 is 4.74 Å². The molecular weight excluding hydrogens is 383 g/mol. The van der Waals surface area contributed by atoms with Gasteiger partial charge in [0.15, 0.2) is 11.6 Å². The summed E-state index contributed by atoms with van der Waals surface area (Å²) in [6, 6.07) is 3.29. The lowest BCUT2D eigenvalue weighted by Crippen LogP contribution is -2.39. The Kier molecular flexibility index (Phi) is 5.90. The van der Waals surface area contributed by atoms with Crippen LogP contribution in [0.25, 0.3) is 0 Å². The minimum Gasteiger partial charge on any atom is -0.492 e. The first-order chi connectivity index (χ1) is 13.5. The molecule has 1 aromatic rings. The molecule has 0 unspecified atom stereocenters. The molecule has 0 aromatic heterocycles. The normalized spacial score (nSPS) is 30.6. The van der Waals surface area contributed by atoms with E-state index in [1.807, 2.05) is 6.92 Å². The molecule has 1 spiro atoms. The van der Waals surface area contributed by atoms with Crippen molar-refractivity contribution in [3.63, 3.8) is 0 Å². The minimum atomic E-state index is -1.15. The van der Waals surface area contributed by atoms with Crippen molar-refractivity contribution in [2.24, 2.45) is 11.8 Å². The van der Waals surface area contributed by atoms with Gasteiger partial charge in [-0.05, 0) is 69.4 Å². The minimum absolute atomic E-state index is 0.0379. The number of aliphatic hydroxyl groups is 1. The van der Waals surface area contributed by atoms with Crippen LogP contribution in [0.4, 0.5) is 4.39 Å². The van der Waals surface area contributed by atoms with E-state index in [0.29, 0.717) is 55.8 Å². The van der Waals surface area contributed by atoms with Gasteiger partial charge in [-0.15, -0.1) is 0 Å². The Morgan fingerprint density at radius 2 is 1.64 bits per heavy atom. The molecule has 0 atom stereocenters. The van der Waals surface area contributed by atoms with Crippen LogP contribution in [0, 0.1) is 17.7 Å². The standard InChI is InChI=1S/C22H30ClFO4/c1-2-26-18-4-3-17(20(24)19(18)23)21(25)9-5-15(6-10-21)16-7-11-22(12-8-16)27-13-14-28-22/h3-4,15-16,25H,2,5-14H2,1H3. The van der Waals surface area contributed by atoms with Crippen LogP contribution >= 0.6 is 11.6 Å². The second-order valence-electron chi connectivity index (χ2n) is 8.49. The molecule has 1 aliphatic heterocycles. The zero-order valence-corrected chi connectivity index (χ0v) is 17.3. The highest BCUT2D eigenvalue weighted by Gasteiger charge is 2.44. The number of hydrogen-bond acceptors (Lipinski definition) is 4. The predicted molar refractivity (Wildman–Crippen MR) is 105 cm³/mol. The largest absolute Gasteiger partial charge is 0.492 e. The van der Waals surface area contributed by atoms with Crippen molar-refractivity contribution in [2.75, 3.05) is 19.8 Å². The van der Waals surface area contributed by atoms with Gasteiger partial charge in [0.05, 0.1) is 25.4 Å². The molecule has 2 aliphatic carbocycles. The summed E-state index contributed by atoms with van der Waals surface area (Å²) in [6.07, 6.45) is 7.06. The van der Waals surface area contributed by atoms with Gasteiger partial charge in [-0.1, -0.05) is 11.6 Å². The molecule has 0 radical (unpaired) electrons. The maximum Gasteiger partial charge on any atom is 0.168 e. The average molecular weight is 413 g/mol. The molecule has 0 bridgehead atoms. The molecule has 1 N–H and O–H groups in total. The molecule has 1 aromatic carbocycles. The van der Waals surface area contributed by atoms with Crippen LogP contribution in [0.2, 0.25) is 5.02 Å². The molecule has 0 amide bonds. The molecule has 1 heterocycles. The summed E-state index contributed by atoms with van der Waals surface area (Å²) in [6.45, 7) is 3.66. The van der Waals surface area contributed by atoms with Crippen molar-refractivity contribution >= 4 is 11.6 Å². The number of benzene rings is 1. The lowest BCUT2D eigenvalue weighted by atomic mass is 9.67. The number of halogens is 2. The lowest BCUT2D eigenvalue weighted by molar-refractivity contribution is -0.186. The first-order valence-corrected chi connectivity index (χ1v) is 11.0. The van der Waals surface area contributed by atoms with E-state index in [4.69, 9.17) is 25.8 Å². The molecule has 156 valence electrons. The highest BCUT2D eigenvalue weighted by Crippen LogP contribution is 2.49. The van der Waals surface area contributed by atoms with Gasteiger partial charge in [-0.25, -0.2) is 4.39 Å². The van der Waals surface area contributed by atoms with Crippen LogP contribution in [-0.2, 0) is 15.1 Å². The third-order valence-corrected chi connectivity index (χ3v) is 7.33. The second-order valence-corrected chi connectivity index (χ2v) is 8.86. The average Bonchev–Trinajstić information content (AvgIpc) is 3.15. The fourth-order valence-corrected chi connectivity index (χ4v) is 5.57. The molecule has 3 aliphatic rings. The maximum atomic E-state index is 14.8. The van der Waals surface area contributed by atoms with Gasteiger partial charge in [0, 0.05) is 18.4 Å². The molecule has 28 heavy (non-hydrogen) atoms. The fourth-order valence-electron chi connectivity index (χ4n) is 5.35. The summed E-state index contributed by atoms with van der Waals surface area (Å²) in [5, 5.41) is 11.1. The fraction of sp³-hybridized carbons (Fsp3) is 0.727. The van der Waals surface area contributed by atoms with Gasteiger partial charge in [-0.2, -0.15) is 0 Å². The van der Waals surface area contributed by atoms with Gasteiger partial charge in [-0.3, -0.25) is 0 Å². The van der Waals surface area contributed by atoms with Gasteiger partial charge in [0.1, 0.15) is 10.8 Å². The lowest BCUT2D eigenvalue weighted by Gasteiger charge is -2.43. The SMILES string of the molecule is CCOc1ccc(C2(O)CCC(C3CCC4(CC3)OCCO4)CC2)c(F)c1Cl. The number of rotatable bonds is 4. The van der Waals surface area contributed by atoms with Crippen molar-refractivity contribution in [3.8, 4) is 5.75 Å². The van der Waals surface area contributed by atoms with E-state index in [-0.39, 0.29) is 10.8 Å². The van der Waals surface area contributed by atoms with Gasteiger partial charge in [0.2, 0.25) is 0 Å². The zero-order chi connectivity index (χ0) is 19.8. The van der Waals surface area contributed by atoms with E-state index in [0.717, 1.165) is 38.5 Å². The summed E-state index contributed by atoms with van der Waals surface area (Å²) >= 11 is 6.13. The van der Waals surface area contributed by atoms with E-state index in [1.54, 1.807) is 12.1 Å². The summed E-state index contributed by atoms with van der Waals surface area (Å²) in [4.78, 5) is 0. The zero-order valence-electron chi connectivity index (χ0n) is 16.5. The van der Waals surface area contributed by atoms with E-state index >= 15 is 0 Å². The number of ether oxygens (including phenoxy) is 3. The quantitative estimate of drug-likeness (QED) is 0.739. The Morgan fingerprint density at radius 3 is 2.21 bits per heavy atom. The molecule has 1 saturated heterocycles. The highest BCUT2D eigenvalue weighted by molar-refractivity contribution is 6.32. The smallest absolute Gasteiger partial charge is 0.168 e. The summed E-state index contributed by atoms with van der Waals surface area (Å²) in [5.74, 6) is 0.657. The molecular formula is C22H30ClFO4. The van der Waals surface area contributed by atoms with Crippen LogP contribution in [0.5, 0.6) is 5.75 Å². The molecule has 4 rings (SSSR count). The van der Waals surface area contributed by atoms with Crippen molar-refractivity contribution in [1.82, 2.24) is 0 Å². The third kappa shape index (κ3) is 3.79. The molecule has 3 fully saturated rings. The van der Waals surface area contributed by atoms with E-state index in [1.165, 1.54) is 0 Å². The molecule has 6 heteroatoms. The first kappa shape index (κ1) is 20.4. The van der Waals surface area contributed by atoms with Crippen LogP contribution in [0.15, 0.2) is 12.1 Å². The van der Waals surface area contributed by atoms with Crippen molar-refractivity contribution in [3.05, 3.63) is 28.5 Å². The van der Waals surface area contributed by atoms with E-state index in [9.17, 15) is 9.50 Å². The monoisotopic (exact) mass is 412 g/mol. The van der Waals surface area contributed by atoms with Crippen LogP contribution in [-0.4, -0.2) is 30.7 Å². The van der Waals surface area contributed by atoms with E-state index < -0.39 is 11.4 Å². The Hall–Kier alpha value is -0.880. The second kappa shape index (κ2) is 8.10. The third-order valence-electron chi connectivity index (χ3n) is 6.98. The van der Waals surface area contributed by atoms with Gasteiger partial charge >= 0.3 is 0 Å². The molecule has 4 nitrogen and oxygen atoms in total. The van der Waals surface area contributed by atoms with Crippen molar-refractivity contribution in [2.45, 2.75) is 69.7 Å². The highest BCUT2D eigenvalue weighted by atomic mass is 35.5.